The van der Waals surface area contributed by atoms with Crippen LogP contribution < -0.4 is 10.6 Å². The number of amides is 1. The Balaban J connectivity index is 1.71. The third-order valence-corrected chi connectivity index (χ3v) is 9.88. The lowest BCUT2D eigenvalue weighted by Crippen LogP contribution is -2.64. The molecule has 2 aromatic rings. The van der Waals surface area contributed by atoms with Crippen molar-refractivity contribution in [3.8, 4) is 5.75 Å². The Morgan fingerprint density at radius 1 is 1.05 bits per heavy atom. The summed E-state index contributed by atoms with van der Waals surface area (Å²) in [4.78, 5) is 43.4. The normalized spacial score (nSPS) is 27.1. The lowest BCUT2D eigenvalue weighted by atomic mass is 9.56. The Labute approximate surface area is 248 Å². The number of carbonyl (C=O) groups is 3. The highest BCUT2D eigenvalue weighted by Crippen LogP contribution is 2.57. The summed E-state index contributed by atoms with van der Waals surface area (Å²) in [6, 6.07) is 12.0. The summed E-state index contributed by atoms with van der Waals surface area (Å²) in [6.45, 7) is 0. The molecule has 1 amide bonds. The second kappa shape index (κ2) is 10.8. The maximum absolute atomic E-state index is 14.1. The molecule has 0 radical (unpaired) electrons. The van der Waals surface area contributed by atoms with Gasteiger partial charge in [0.15, 0.2) is 11.4 Å². The number of hydrogen-bond acceptors (Lipinski definition) is 10. The number of anilines is 1. The minimum absolute atomic E-state index is 0.00675. The van der Waals surface area contributed by atoms with Gasteiger partial charge in [-0.05, 0) is 49.7 Å². The first-order valence-electron chi connectivity index (χ1n) is 13.6. The van der Waals surface area contributed by atoms with Crippen LogP contribution in [-0.2, 0) is 15.3 Å². The van der Waals surface area contributed by atoms with Crippen molar-refractivity contribution in [2.24, 2.45) is 17.6 Å². The van der Waals surface area contributed by atoms with E-state index in [-0.39, 0.29) is 23.3 Å². The van der Waals surface area contributed by atoms with Crippen LogP contribution in [0.1, 0.15) is 33.8 Å². The summed E-state index contributed by atoms with van der Waals surface area (Å²) in [7, 11) is 6.90. The van der Waals surface area contributed by atoms with Gasteiger partial charge in [-0.25, -0.2) is 0 Å². The highest BCUT2D eigenvalue weighted by molar-refractivity contribution is 7.98. The van der Waals surface area contributed by atoms with E-state index in [1.165, 1.54) is 6.07 Å². The number of aliphatic hydroxyl groups is 3. The second-order valence-electron chi connectivity index (χ2n) is 11.6. The molecule has 2 aromatic carbocycles. The first-order valence-corrected chi connectivity index (χ1v) is 14.8. The van der Waals surface area contributed by atoms with E-state index in [9.17, 15) is 34.8 Å². The standard InChI is InChI=1S/C31H35N3O7S/c1-33(2)19-10-11-20(35)23-21(19)17(14-42-13-15-8-6-5-7-9-15)16-12-18-25(34(3)4)27(37)24(30(32)40)29(39)31(18,41)28(38)22(16)26(23)36/h5-11,16-18,25,35,37-38,41H,12-14H2,1-4H3,(H2,32,40)/t16?,17?,18-,25-,31-/m0/s1. The van der Waals surface area contributed by atoms with Crippen LogP contribution in [0.5, 0.6) is 5.75 Å². The van der Waals surface area contributed by atoms with Crippen LogP contribution in [0.25, 0.3) is 0 Å². The largest absolute Gasteiger partial charge is 0.510 e. The van der Waals surface area contributed by atoms with Crippen LogP contribution in [0.4, 0.5) is 5.69 Å². The van der Waals surface area contributed by atoms with Crippen molar-refractivity contribution in [1.29, 1.82) is 0 Å². The molecule has 0 spiro atoms. The van der Waals surface area contributed by atoms with Gasteiger partial charge in [-0.3, -0.25) is 19.3 Å². The van der Waals surface area contributed by atoms with Crippen molar-refractivity contribution in [2.75, 3.05) is 38.8 Å². The number of benzene rings is 2. The number of carbonyl (C=O) groups excluding carboxylic acids is 3. The van der Waals surface area contributed by atoms with E-state index < -0.39 is 64.0 Å². The number of phenols is 1. The summed E-state index contributed by atoms with van der Waals surface area (Å²) in [5.74, 6) is -5.94. The highest BCUT2D eigenvalue weighted by atomic mass is 32.2. The smallest absolute Gasteiger partial charge is 0.255 e. The number of nitrogens with zero attached hydrogens (tertiary/aromatic N) is 2. The van der Waals surface area contributed by atoms with Crippen molar-refractivity contribution < 1.29 is 34.8 Å². The van der Waals surface area contributed by atoms with Gasteiger partial charge in [0.1, 0.15) is 22.8 Å². The predicted molar refractivity (Wildman–Crippen MR) is 160 cm³/mol. The van der Waals surface area contributed by atoms with Crippen molar-refractivity contribution in [2.45, 2.75) is 29.7 Å². The molecule has 2 unspecified atom stereocenters. The number of likely N-dealkylation sites (N-methyl/N-ethyl adjacent to an activating group) is 1. The maximum atomic E-state index is 14.1. The number of aromatic hydroxyl groups is 1. The second-order valence-corrected chi connectivity index (χ2v) is 12.6. The van der Waals surface area contributed by atoms with Crippen LogP contribution in [0.15, 0.2) is 65.1 Å². The molecule has 222 valence electrons. The maximum Gasteiger partial charge on any atom is 0.255 e. The molecule has 3 aliphatic rings. The number of Topliss-reactive ketones (excluding diaryl/α,β-unsaturated/α-hetero) is 2. The average Bonchev–Trinajstić information content (AvgIpc) is 2.92. The monoisotopic (exact) mass is 593 g/mol. The first kappa shape index (κ1) is 29.7. The van der Waals surface area contributed by atoms with Gasteiger partial charge in [0.05, 0.1) is 11.6 Å². The third-order valence-electron chi connectivity index (χ3n) is 8.74. The summed E-state index contributed by atoms with van der Waals surface area (Å²) < 4.78 is 0. The molecule has 10 nitrogen and oxygen atoms in total. The zero-order valence-electron chi connectivity index (χ0n) is 23.9. The molecular formula is C31H35N3O7S. The molecule has 0 heterocycles. The van der Waals surface area contributed by atoms with Crippen molar-refractivity contribution in [3.05, 3.63) is 81.8 Å². The zero-order valence-corrected chi connectivity index (χ0v) is 24.7. The van der Waals surface area contributed by atoms with E-state index in [1.54, 1.807) is 36.8 Å². The van der Waals surface area contributed by atoms with Crippen molar-refractivity contribution >= 4 is 34.9 Å². The molecule has 0 fully saturated rings. The van der Waals surface area contributed by atoms with Gasteiger partial charge in [0, 0.05) is 48.7 Å². The number of phenolic OH excluding ortho intramolecular Hbond substituents is 1. The van der Waals surface area contributed by atoms with E-state index in [0.717, 1.165) is 11.3 Å². The van der Waals surface area contributed by atoms with Crippen LogP contribution >= 0.6 is 11.8 Å². The molecule has 11 heteroatoms. The fraction of sp³-hybridized carbons (Fsp3) is 0.387. The van der Waals surface area contributed by atoms with Crippen LogP contribution in [0.2, 0.25) is 0 Å². The summed E-state index contributed by atoms with van der Waals surface area (Å²) in [6.07, 6.45) is 0.0326. The van der Waals surface area contributed by atoms with Gasteiger partial charge < -0.3 is 31.1 Å². The summed E-state index contributed by atoms with van der Waals surface area (Å²) >= 11 is 1.63. The van der Waals surface area contributed by atoms with E-state index in [1.807, 2.05) is 49.3 Å². The molecule has 0 saturated heterocycles. The molecular weight excluding hydrogens is 558 g/mol. The van der Waals surface area contributed by atoms with Gasteiger partial charge in [0.25, 0.3) is 5.91 Å². The molecule has 42 heavy (non-hydrogen) atoms. The van der Waals surface area contributed by atoms with Gasteiger partial charge in [-0.2, -0.15) is 11.8 Å². The number of nitrogens with two attached hydrogens (primary N) is 1. The van der Waals surface area contributed by atoms with E-state index in [2.05, 4.69) is 0 Å². The molecule has 6 N–H and O–H groups in total. The zero-order chi connectivity index (χ0) is 30.7. The van der Waals surface area contributed by atoms with Crippen molar-refractivity contribution in [1.82, 2.24) is 4.90 Å². The topological polar surface area (TPSA) is 165 Å². The van der Waals surface area contributed by atoms with Crippen LogP contribution in [0.3, 0.4) is 0 Å². The Bertz CT molecular complexity index is 1530. The lowest BCUT2D eigenvalue weighted by Gasteiger charge is -2.51. The molecule has 3 aliphatic carbocycles. The number of thioether (sulfide) groups is 1. The van der Waals surface area contributed by atoms with Crippen LogP contribution in [-0.4, -0.2) is 88.4 Å². The minimum Gasteiger partial charge on any atom is -0.510 e. The van der Waals surface area contributed by atoms with Gasteiger partial charge in [0.2, 0.25) is 5.78 Å². The number of rotatable bonds is 7. The van der Waals surface area contributed by atoms with Gasteiger partial charge in [-0.15, -0.1) is 0 Å². The SMILES string of the molecule is CN(C)c1ccc(O)c2c1C(CSCc1ccccc1)C1C[C@H]3[C@H](N(C)C)C(O)=C(C(N)=O)C(=O)[C@@]3(O)C(O)=C1C2=O. The predicted octanol–water partition coefficient (Wildman–Crippen LogP) is 2.66. The summed E-state index contributed by atoms with van der Waals surface area (Å²) in [5.41, 5.74) is 4.24. The van der Waals surface area contributed by atoms with Crippen molar-refractivity contribution in [3.63, 3.8) is 0 Å². The molecule has 0 aromatic heterocycles. The molecule has 0 saturated carbocycles. The first-order chi connectivity index (χ1) is 19.8. The third kappa shape index (κ3) is 4.38. The Hall–Kier alpha value is -3.80. The van der Waals surface area contributed by atoms with Gasteiger partial charge in [-0.1, -0.05) is 30.3 Å². The fourth-order valence-electron chi connectivity index (χ4n) is 6.90. The quantitative estimate of drug-likeness (QED) is 0.302. The van der Waals surface area contributed by atoms with Crippen LogP contribution in [0, 0.1) is 11.8 Å². The number of allylic oxidation sites excluding steroid dienone is 1. The van der Waals surface area contributed by atoms with Gasteiger partial charge >= 0.3 is 0 Å². The Kier molecular flexibility index (Phi) is 7.63. The number of ketones is 2. The van der Waals surface area contributed by atoms with E-state index in [0.29, 0.717) is 17.1 Å². The number of primary amides is 1. The Morgan fingerprint density at radius 2 is 1.71 bits per heavy atom. The molecule has 0 bridgehead atoms. The molecule has 5 atom stereocenters. The fourth-order valence-corrected chi connectivity index (χ4v) is 8.09. The molecule has 5 rings (SSSR count). The number of fused-ring (bicyclic) bond motifs is 3. The highest BCUT2D eigenvalue weighted by Gasteiger charge is 2.64. The van der Waals surface area contributed by atoms with E-state index >= 15 is 0 Å². The number of hydrogen-bond donors (Lipinski definition) is 5. The minimum atomic E-state index is -2.68. The summed E-state index contributed by atoms with van der Waals surface area (Å²) in [5, 5.41) is 45.7. The average molecular weight is 594 g/mol. The lowest BCUT2D eigenvalue weighted by molar-refractivity contribution is -0.148. The Morgan fingerprint density at radius 3 is 2.31 bits per heavy atom. The van der Waals surface area contributed by atoms with E-state index in [4.69, 9.17) is 5.73 Å². The molecule has 0 aliphatic heterocycles. The number of aliphatic hydroxyl groups excluding tert-OH is 2.